The Kier molecular flexibility index (Phi) is 3.32. The fourth-order valence-corrected chi connectivity index (χ4v) is 1.10. The molecule has 0 spiro atoms. The molecule has 0 aromatic heterocycles. The van der Waals surface area contributed by atoms with E-state index in [2.05, 4.69) is 13.5 Å². The van der Waals surface area contributed by atoms with Gasteiger partial charge in [-0.3, -0.25) is 0 Å². The van der Waals surface area contributed by atoms with Gasteiger partial charge in [0.15, 0.2) is 0 Å². The molecule has 0 radical (unpaired) electrons. The van der Waals surface area contributed by atoms with Crippen LogP contribution < -0.4 is 4.74 Å². The number of ether oxygens (including phenoxy) is 1. The molecule has 0 amide bonds. The fourth-order valence-electron chi connectivity index (χ4n) is 1.10. The first-order valence-electron chi connectivity index (χ1n) is 4.21. The minimum Gasteiger partial charge on any atom is -0.497 e. The number of benzene rings is 1. The third kappa shape index (κ3) is 2.48. The Morgan fingerprint density at radius 3 is 2.77 bits per heavy atom. The van der Waals surface area contributed by atoms with Crippen LogP contribution in [0.2, 0.25) is 0 Å². The summed E-state index contributed by atoms with van der Waals surface area (Å²) in [6, 6.07) is 6.01. The summed E-state index contributed by atoms with van der Waals surface area (Å²) in [7, 11) is 1.67. The highest BCUT2D eigenvalue weighted by atomic mass is 16.5. The Balaban J connectivity index is 3.03. The van der Waals surface area contributed by atoms with Gasteiger partial charge in [-0.2, -0.15) is 0 Å². The molecule has 0 fully saturated rings. The standard InChI is InChI=1S/C12H14O/c1-4-5-6-11-9-12(13-3)8-7-10(11)2/h4-9H,1H2,2-3H3/b6-5-. The van der Waals surface area contributed by atoms with Crippen molar-refractivity contribution >= 4 is 6.08 Å². The molecule has 0 unspecified atom stereocenters. The molecule has 0 heterocycles. The Bertz CT molecular complexity index is 324. The summed E-state index contributed by atoms with van der Waals surface area (Å²) in [4.78, 5) is 0. The molecule has 0 saturated heterocycles. The van der Waals surface area contributed by atoms with Gasteiger partial charge in [0.25, 0.3) is 0 Å². The second kappa shape index (κ2) is 4.51. The summed E-state index contributed by atoms with van der Waals surface area (Å²) in [5, 5.41) is 0. The normalized spacial score (nSPS) is 10.3. The number of methoxy groups -OCH3 is 1. The first-order chi connectivity index (χ1) is 6.27. The lowest BCUT2D eigenvalue weighted by molar-refractivity contribution is 0.414. The summed E-state index contributed by atoms with van der Waals surface area (Å²) >= 11 is 0. The van der Waals surface area contributed by atoms with Gasteiger partial charge in [-0.15, -0.1) is 0 Å². The van der Waals surface area contributed by atoms with Crippen LogP contribution in [0.25, 0.3) is 6.08 Å². The van der Waals surface area contributed by atoms with Crippen LogP contribution in [0, 0.1) is 6.92 Å². The first-order valence-corrected chi connectivity index (χ1v) is 4.21. The second-order valence-corrected chi connectivity index (χ2v) is 2.82. The van der Waals surface area contributed by atoms with Crippen molar-refractivity contribution in [3.05, 3.63) is 48.1 Å². The molecule has 0 aliphatic rings. The van der Waals surface area contributed by atoms with Crippen molar-refractivity contribution in [1.29, 1.82) is 0 Å². The number of rotatable bonds is 3. The van der Waals surface area contributed by atoms with Gasteiger partial charge in [0.05, 0.1) is 7.11 Å². The molecule has 0 bridgehead atoms. The number of hydrogen-bond acceptors (Lipinski definition) is 1. The molecule has 13 heavy (non-hydrogen) atoms. The van der Waals surface area contributed by atoms with E-state index in [9.17, 15) is 0 Å². The predicted octanol–water partition coefficient (Wildman–Crippen LogP) is 3.20. The van der Waals surface area contributed by atoms with Crippen LogP contribution in [0.1, 0.15) is 11.1 Å². The highest BCUT2D eigenvalue weighted by Crippen LogP contribution is 2.18. The van der Waals surface area contributed by atoms with Crippen molar-refractivity contribution in [2.24, 2.45) is 0 Å². The molecule has 1 rings (SSSR count). The molecular formula is C12H14O. The largest absolute Gasteiger partial charge is 0.497 e. The summed E-state index contributed by atoms with van der Waals surface area (Å²) in [5.74, 6) is 0.884. The van der Waals surface area contributed by atoms with Crippen LogP contribution >= 0.6 is 0 Å². The van der Waals surface area contributed by atoms with E-state index in [0.29, 0.717) is 0 Å². The zero-order valence-corrected chi connectivity index (χ0v) is 8.08. The smallest absolute Gasteiger partial charge is 0.119 e. The van der Waals surface area contributed by atoms with Crippen LogP contribution in [-0.4, -0.2) is 7.11 Å². The van der Waals surface area contributed by atoms with Crippen molar-refractivity contribution in [2.45, 2.75) is 6.92 Å². The van der Waals surface area contributed by atoms with Crippen molar-refractivity contribution in [2.75, 3.05) is 7.11 Å². The van der Waals surface area contributed by atoms with Gasteiger partial charge in [0.2, 0.25) is 0 Å². The van der Waals surface area contributed by atoms with Gasteiger partial charge in [-0.1, -0.05) is 30.9 Å². The zero-order chi connectivity index (χ0) is 9.68. The van der Waals surface area contributed by atoms with Crippen molar-refractivity contribution in [1.82, 2.24) is 0 Å². The Morgan fingerprint density at radius 2 is 2.15 bits per heavy atom. The molecule has 1 aromatic carbocycles. The highest BCUT2D eigenvalue weighted by molar-refractivity contribution is 5.57. The predicted molar refractivity (Wildman–Crippen MR) is 57.0 cm³/mol. The summed E-state index contributed by atoms with van der Waals surface area (Å²) in [6.07, 6.45) is 5.70. The molecule has 1 aromatic rings. The molecule has 0 atom stereocenters. The lowest BCUT2D eigenvalue weighted by Crippen LogP contribution is -1.85. The maximum absolute atomic E-state index is 5.13. The van der Waals surface area contributed by atoms with Crippen LogP contribution in [0.3, 0.4) is 0 Å². The van der Waals surface area contributed by atoms with E-state index < -0.39 is 0 Å². The van der Waals surface area contributed by atoms with Gasteiger partial charge in [-0.25, -0.2) is 0 Å². The van der Waals surface area contributed by atoms with E-state index in [1.807, 2.05) is 30.4 Å². The van der Waals surface area contributed by atoms with Crippen LogP contribution in [-0.2, 0) is 0 Å². The third-order valence-electron chi connectivity index (χ3n) is 1.90. The maximum atomic E-state index is 5.13. The van der Waals surface area contributed by atoms with Crippen molar-refractivity contribution in [3.63, 3.8) is 0 Å². The lowest BCUT2D eigenvalue weighted by atomic mass is 10.1. The topological polar surface area (TPSA) is 9.23 Å². The molecule has 1 nitrogen and oxygen atoms in total. The fraction of sp³-hybridized carbons (Fsp3) is 0.167. The monoisotopic (exact) mass is 174 g/mol. The summed E-state index contributed by atoms with van der Waals surface area (Å²) in [5.41, 5.74) is 2.40. The average molecular weight is 174 g/mol. The molecule has 68 valence electrons. The van der Waals surface area contributed by atoms with Gasteiger partial charge in [-0.05, 0) is 30.2 Å². The van der Waals surface area contributed by atoms with Crippen LogP contribution in [0.15, 0.2) is 36.9 Å². The number of aryl methyl sites for hydroxylation is 1. The molecule has 0 N–H and O–H groups in total. The van der Waals surface area contributed by atoms with Crippen molar-refractivity contribution in [3.8, 4) is 5.75 Å². The van der Waals surface area contributed by atoms with Gasteiger partial charge < -0.3 is 4.74 Å². The Hall–Kier alpha value is -1.50. The Morgan fingerprint density at radius 1 is 1.38 bits per heavy atom. The van der Waals surface area contributed by atoms with Crippen LogP contribution in [0.4, 0.5) is 0 Å². The number of allylic oxidation sites excluding steroid dienone is 2. The lowest BCUT2D eigenvalue weighted by Gasteiger charge is -2.03. The molecule has 0 saturated carbocycles. The van der Waals surface area contributed by atoms with E-state index >= 15 is 0 Å². The average Bonchev–Trinajstić information content (AvgIpc) is 2.17. The van der Waals surface area contributed by atoms with E-state index in [1.54, 1.807) is 13.2 Å². The second-order valence-electron chi connectivity index (χ2n) is 2.82. The maximum Gasteiger partial charge on any atom is 0.119 e. The SMILES string of the molecule is C=C/C=C\c1cc(OC)ccc1C. The summed E-state index contributed by atoms with van der Waals surface area (Å²) < 4.78 is 5.13. The first kappa shape index (κ1) is 9.59. The van der Waals surface area contributed by atoms with Gasteiger partial charge >= 0.3 is 0 Å². The third-order valence-corrected chi connectivity index (χ3v) is 1.90. The number of hydrogen-bond donors (Lipinski definition) is 0. The van der Waals surface area contributed by atoms with E-state index in [-0.39, 0.29) is 0 Å². The zero-order valence-electron chi connectivity index (χ0n) is 8.08. The molecule has 1 heteroatoms. The minimum atomic E-state index is 0.884. The molecule has 0 aliphatic carbocycles. The minimum absolute atomic E-state index is 0.884. The highest BCUT2D eigenvalue weighted by Gasteiger charge is 1.95. The van der Waals surface area contributed by atoms with Gasteiger partial charge in [0.1, 0.15) is 5.75 Å². The summed E-state index contributed by atoms with van der Waals surface area (Å²) in [6.45, 7) is 5.70. The van der Waals surface area contributed by atoms with E-state index in [4.69, 9.17) is 4.74 Å². The van der Waals surface area contributed by atoms with E-state index in [0.717, 1.165) is 5.75 Å². The quantitative estimate of drug-likeness (QED) is 0.639. The van der Waals surface area contributed by atoms with Crippen molar-refractivity contribution < 1.29 is 4.74 Å². The molecule has 0 aliphatic heterocycles. The molecular weight excluding hydrogens is 160 g/mol. The Labute approximate surface area is 79.4 Å². The van der Waals surface area contributed by atoms with E-state index in [1.165, 1.54) is 11.1 Å². The van der Waals surface area contributed by atoms with Gasteiger partial charge in [0, 0.05) is 0 Å². The van der Waals surface area contributed by atoms with Crippen LogP contribution in [0.5, 0.6) is 5.75 Å².